The number of thioether (sulfide) groups is 2. The van der Waals surface area contributed by atoms with Crippen molar-refractivity contribution in [1.82, 2.24) is 5.43 Å². The molecule has 1 aliphatic rings. The zero-order valence-corrected chi connectivity index (χ0v) is 20.2. The lowest BCUT2D eigenvalue weighted by Crippen LogP contribution is -2.24. The molecule has 1 heterocycles. The number of hydrogen-bond acceptors (Lipinski definition) is 7. The van der Waals surface area contributed by atoms with E-state index in [4.69, 9.17) is 14.2 Å². The highest BCUT2D eigenvalue weighted by atomic mass is 79.9. The Morgan fingerprint density at radius 1 is 1.26 bits per heavy atom. The van der Waals surface area contributed by atoms with E-state index in [9.17, 15) is 4.79 Å². The van der Waals surface area contributed by atoms with Gasteiger partial charge >= 0.3 is 0 Å². The lowest BCUT2D eigenvalue weighted by Gasteiger charge is -2.12. The number of nitrogens with one attached hydrogen (secondary N) is 1. The van der Waals surface area contributed by atoms with E-state index in [1.807, 2.05) is 41.7 Å². The van der Waals surface area contributed by atoms with Crippen LogP contribution in [0.1, 0.15) is 15.7 Å². The number of halogens is 1. The second kappa shape index (κ2) is 12.1. The third kappa shape index (κ3) is 6.95. The van der Waals surface area contributed by atoms with Crippen LogP contribution >= 0.6 is 39.5 Å². The first-order chi connectivity index (χ1) is 15.1. The molecule has 1 N–H and O–H groups in total. The summed E-state index contributed by atoms with van der Waals surface area (Å²) in [6.45, 7) is 3.88. The molecule has 1 aliphatic heterocycles. The van der Waals surface area contributed by atoms with Gasteiger partial charge < -0.3 is 14.2 Å². The van der Waals surface area contributed by atoms with Crippen LogP contribution in [0.15, 0.2) is 58.6 Å². The summed E-state index contributed by atoms with van der Waals surface area (Å²) in [5.74, 6) is 3.80. The Balaban J connectivity index is 1.49. The van der Waals surface area contributed by atoms with Crippen molar-refractivity contribution < 1.29 is 19.0 Å². The summed E-state index contributed by atoms with van der Waals surface area (Å²) in [7, 11) is 1.56. The number of rotatable bonds is 10. The van der Waals surface area contributed by atoms with Crippen molar-refractivity contribution in [3.8, 4) is 17.2 Å². The van der Waals surface area contributed by atoms with Gasteiger partial charge in [-0.25, -0.2) is 5.43 Å². The molecule has 1 saturated heterocycles. The van der Waals surface area contributed by atoms with Crippen LogP contribution in [0, 0.1) is 0 Å². The Hall–Kier alpha value is -2.10. The second-order valence-corrected chi connectivity index (χ2v) is 9.94. The van der Waals surface area contributed by atoms with Gasteiger partial charge in [-0.1, -0.05) is 24.8 Å². The first kappa shape index (κ1) is 23.6. The third-order valence-electron chi connectivity index (χ3n) is 4.14. The number of methoxy groups -OCH3 is 1. The zero-order valence-electron chi connectivity index (χ0n) is 17.0. The van der Waals surface area contributed by atoms with Crippen LogP contribution in [0.4, 0.5) is 0 Å². The highest BCUT2D eigenvalue weighted by Crippen LogP contribution is 2.45. The summed E-state index contributed by atoms with van der Waals surface area (Å²) in [6.07, 6.45) is 3.18. The van der Waals surface area contributed by atoms with Crippen LogP contribution < -0.4 is 19.6 Å². The molecule has 1 fully saturated rings. The number of carbonyl (C=O) groups is 1. The molecule has 31 heavy (non-hydrogen) atoms. The number of nitrogens with zero attached hydrogens (tertiary/aromatic N) is 1. The fourth-order valence-corrected chi connectivity index (χ4v) is 6.16. The summed E-state index contributed by atoms with van der Waals surface area (Å²) in [6, 6.07) is 11.5. The summed E-state index contributed by atoms with van der Waals surface area (Å²) < 4.78 is 17.7. The number of carbonyl (C=O) groups excluding carboxylic acids is 1. The van der Waals surface area contributed by atoms with Gasteiger partial charge in [0.15, 0.2) is 18.1 Å². The van der Waals surface area contributed by atoms with Gasteiger partial charge in [-0.2, -0.15) is 5.10 Å². The third-order valence-corrected chi connectivity index (χ3v) is 7.84. The van der Waals surface area contributed by atoms with E-state index in [1.54, 1.807) is 19.3 Å². The van der Waals surface area contributed by atoms with Gasteiger partial charge in [0.25, 0.3) is 5.91 Å². The summed E-state index contributed by atoms with van der Waals surface area (Å²) in [4.78, 5) is 12.0. The van der Waals surface area contributed by atoms with Crippen LogP contribution in [0.2, 0.25) is 0 Å². The number of hydrogen-bond donors (Lipinski definition) is 1. The predicted molar refractivity (Wildman–Crippen MR) is 132 cm³/mol. The van der Waals surface area contributed by atoms with E-state index in [2.05, 4.69) is 45.2 Å². The molecular formula is C22H23BrN2O4S2. The highest BCUT2D eigenvalue weighted by molar-refractivity contribution is 9.10. The quantitative estimate of drug-likeness (QED) is 0.268. The molecule has 0 unspecified atom stereocenters. The van der Waals surface area contributed by atoms with Crippen molar-refractivity contribution in [2.45, 2.75) is 4.58 Å². The van der Waals surface area contributed by atoms with Gasteiger partial charge in [-0.15, -0.1) is 23.5 Å². The number of amides is 1. The highest BCUT2D eigenvalue weighted by Gasteiger charge is 2.18. The average molecular weight is 523 g/mol. The van der Waals surface area contributed by atoms with Crippen molar-refractivity contribution in [2.24, 2.45) is 5.10 Å². The normalized spacial score (nSPS) is 13.9. The Labute approximate surface area is 198 Å². The van der Waals surface area contributed by atoms with Crippen molar-refractivity contribution in [2.75, 3.05) is 31.8 Å². The van der Waals surface area contributed by atoms with Crippen LogP contribution in [0.5, 0.6) is 17.2 Å². The van der Waals surface area contributed by atoms with E-state index in [0.717, 1.165) is 5.56 Å². The number of hydrazone groups is 1. The molecule has 0 radical (unpaired) electrons. The maximum absolute atomic E-state index is 12.0. The van der Waals surface area contributed by atoms with Crippen molar-refractivity contribution in [3.63, 3.8) is 0 Å². The van der Waals surface area contributed by atoms with Gasteiger partial charge in [0.1, 0.15) is 12.4 Å². The molecule has 0 bridgehead atoms. The predicted octanol–water partition coefficient (Wildman–Crippen LogP) is 5.03. The Morgan fingerprint density at radius 3 is 2.68 bits per heavy atom. The molecule has 2 aromatic rings. The van der Waals surface area contributed by atoms with E-state index in [0.29, 0.717) is 32.9 Å². The topological polar surface area (TPSA) is 69.2 Å². The largest absolute Gasteiger partial charge is 0.493 e. The van der Waals surface area contributed by atoms with E-state index in [-0.39, 0.29) is 12.5 Å². The SMILES string of the molecule is C=CCOc1c(Br)cc(/C=N\NC(=O)COc2ccc(C3SCCS3)cc2)cc1OC. The first-order valence-electron chi connectivity index (χ1n) is 9.50. The number of ether oxygens (including phenoxy) is 3. The standard InChI is InChI=1S/C22H23BrN2O4S2/c1-3-8-28-21-18(23)11-15(12-19(21)27-2)13-24-25-20(26)14-29-17-6-4-16(5-7-17)22-30-9-10-31-22/h3-7,11-13,22H,1,8-10,14H2,2H3,(H,25,26)/b24-13-. The van der Waals surface area contributed by atoms with Gasteiger partial charge in [0.2, 0.25) is 0 Å². The molecule has 3 rings (SSSR count). The molecule has 0 spiro atoms. The molecule has 0 saturated carbocycles. The van der Waals surface area contributed by atoms with Crippen LogP contribution in [-0.2, 0) is 4.79 Å². The van der Waals surface area contributed by atoms with Crippen LogP contribution in [0.25, 0.3) is 0 Å². The van der Waals surface area contributed by atoms with Crippen LogP contribution in [0.3, 0.4) is 0 Å². The van der Waals surface area contributed by atoms with E-state index in [1.165, 1.54) is 23.3 Å². The van der Waals surface area contributed by atoms with E-state index >= 15 is 0 Å². The monoisotopic (exact) mass is 522 g/mol. The fourth-order valence-electron chi connectivity index (χ4n) is 2.73. The molecule has 9 heteroatoms. The molecule has 0 aromatic heterocycles. The van der Waals surface area contributed by atoms with Crippen molar-refractivity contribution >= 4 is 51.6 Å². The second-order valence-electron chi connectivity index (χ2n) is 6.36. The summed E-state index contributed by atoms with van der Waals surface area (Å²) >= 11 is 7.36. The minimum Gasteiger partial charge on any atom is -0.493 e. The minimum atomic E-state index is -0.348. The smallest absolute Gasteiger partial charge is 0.277 e. The van der Waals surface area contributed by atoms with Gasteiger partial charge in [-0.3, -0.25) is 4.79 Å². The lowest BCUT2D eigenvalue weighted by molar-refractivity contribution is -0.123. The zero-order chi connectivity index (χ0) is 22.1. The van der Waals surface area contributed by atoms with Crippen molar-refractivity contribution in [3.05, 3.63) is 64.7 Å². The van der Waals surface area contributed by atoms with Gasteiger partial charge in [0.05, 0.1) is 22.4 Å². The molecule has 0 atom stereocenters. The molecular weight excluding hydrogens is 500 g/mol. The fraction of sp³-hybridized carbons (Fsp3) is 0.273. The minimum absolute atomic E-state index is 0.120. The summed E-state index contributed by atoms with van der Waals surface area (Å²) in [5.41, 5.74) is 4.47. The molecule has 6 nitrogen and oxygen atoms in total. The van der Waals surface area contributed by atoms with Gasteiger partial charge in [-0.05, 0) is 51.3 Å². The van der Waals surface area contributed by atoms with Crippen molar-refractivity contribution in [1.29, 1.82) is 0 Å². The van der Waals surface area contributed by atoms with Crippen LogP contribution in [-0.4, -0.2) is 44.0 Å². The molecule has 0 aliphatic carbocycles. The lowest BCUT2D eigenvalue weighted by atomic mass is 10.2. The maximum atomic E-state index is 12.0. The molecule has 1 amide bonds. The first-order valence-corrected chi connectivity index (χ1v) is 12.4. The Morgan fingerprint density at radius 2 is 2.00 bits per heavy atom. The summed E-state index contributed by atoms with van der Waals surface area (Å²) in [5, 5.41) is 3.99. The molecule has 164 valence electrons. The number of benzene rings is 2. The van der Waals surface area contributed by atoms with E-state index < -0.39 is 0 Å². The molecule has 2 aromatic carbocycles. The maximum Gasteiger partial charge on any atom is 0.277 e. The van der Waals surface area contributed by atoms with Gasteiger partial charge in [0, 0.05) is 11.5 Å². The Bertz CT molecular complexity index is 932. The Kier molecular flexibility index (Phi) is 9.17. The average Bonchev–Trinajstić information content (AvgIpc) is 3.32.